The molecule has 0 atom stereocenters. The van der Waals surface area contributed by atoms with Crippen LogP contribution in [0.5, 0.6) is 0 Å². The van der Waals surface area contributed by atoms with Gasteiger partial charge in [0, 0.05) is 11.3 Å². The van der Waals surface area contributed by atoms with Gasteiger partial charge in [0.1, 0.15) is 5.60 Å². The van der Waals surface area contributed by atoms with Crippen molar-refractivity contribution in [2.75, 3.05) is 5.32 Å². The molecule has 10 heteroatoms. The topological polar surface area (TPSA) is 58.6 Å². The molecule has 2 N–H and O–H groups in total. The van der Waals surface area contributed by atoms with E-state index in [0.29, 0.717) is 12.1 Å². The molecule has 1 rings (SSSR count). The maximum Gasteiger partial charge on any atom is 0.430 e. The molecule has 0 fully saturated rings. The first kappa shape index (κ1) is 20.1. The highest BCUT2D eigenvalue weighted by Gasteiger charge is 2.71. The molecule has 0 radical (unpaired) electrons. The van der Waals surface area contributed by atoms with E-state index in [1.54, 1.807) is 20.8 Å². The van der Waals surface area contributed by atoms with E-state index in [9.17, 15) is 36.2 Å². The standard InChI is InChI=1S/C14H15F6NO3/c1-11(2,3)24-10(22)21-9-6-4-8(5-7-9)12(23,13(15,16)17)14(18,19)20/h4-7,23H,1-3H3,(H,21,22). The molecule has 0 saturated carbocycles. The average molecular weight is 359 g/mol. The third-order valence-corrected chi connectivity index (χ3v) is 2.77. The summed E-state index contributed by atoms with van der Waals surface area (Å²) in [6.07, 6.45) is -12.9. The summed E-state index contributed by atoms with van der Waals surface area (Å²) >= 11 is 0. The van der Waals surface area contributed by atoms with Gasteiger partial charge in [0.25, 0.3) is 5.60 Å². The number of rotatable bonds is 2. The van der Waals surface area contributed by atoms with Crippen LogP contribution < -0.4 is 5.32 Å². The summed E-state index contributed by atoms with van der Waals surface area (Å²) in [5.41, 5.74) is -7.36. The first-order valence-electron chi connectivity index (χ1n) is 6.54. The Morgan fingerprint density at radius 2 is 1.38 bits per heavy atom. The molecule has 1 amide bonds. The Balaban J connectivity index is 3.07. The molecule has 0 spiro atoms. The second-order valence-electron chi connectivity index (χ2n) is 5.91. The first-order chi connectivity index (χ1) is 10.6. The third kappa shape index (κ3) is 4.31. The highest BCUT2D eigenvalue weighted by atomic mass is 19.4. The molecule has 136 valence electrons. The van der Waals surface area contributed by atoms with Crippen LogP contribution >= 0.6 is 0 Å². The Labute approximate surface area is 133 Å². The number of halogens is 6. The van der Waals surface area contributed by atoms with Gasteiger partial charge in [-0.25, -0.2) is 4.79 Å². The van der Waals surface area contributed by atoms with Gasteiger partial charge >= 0.3 is 18.4 Å². The van der Waals surface area contributed by atoms with Crippen molar-refractivity contribution >= 4 is 11.8 Å². The zero-order valence-corrected chi connectivity index (χ0v) is 12.8. The zero-order valence-electron chi connectivity index (χ0n) is 12.8. The molecule has 0 heterocycles. The van der Waals surface area contributed by atoms with Crippen LogP contribution in [0.4, 0.5) is 36.8 Å². The van der Waals surface area contributed by atoms with E-state index in [1.165, 1.54) is 0 Å². The number of amides is 1. The molecular formula is C14H15F6NO3. The van der Waals surface area contributed by atoms with Crippen LogP contribution in [0.15, 0.2) is 24.3 Å². The van der Waals surface area contributed by atoms with Gasteiger partial charge in [0.2, 0.25) is 0 Å². The second kappa shape index (κ2) is 6.15. The van der Waals surface area contributed by atoms with Crippen molar-refractivity contribution < 1.29 is 41.0 Å². The average Bonchev–Trinajstić information content (AvgIpc) is 2.33. The van der Waals surface area contributed by atoms with E-state index in [4.69, 9.17) is 4.74 Å². The molecule has 1 aromatic rings. The molecule has 0 aromatic heterocycles. The molecule has 0 aliphatic heterocycles. The van der Waals surface area contributed by atoms with Crippen LogP contribution in [-0.4, -0.2) is 29.2 Å². The lowest BCUT2D eigenvalue weighted by molar-refractivity contribution is -0.376. The van der Waals surface area contributed by atoms with Gasteiger partial charge in [0.15, 0.2) is 0 Å². The number of alkyl halides is 6. The molecule has 4 nitrogen and oxygen atoms in total. The number of benzene rings is 1. The van der Waals surface area contributed by atoms with Crippen molar-refractivity contribution in [2.24, 2.45) is 0 Å². The molecule has 0 aliphatic carbocycles. The van der Waals surface area contributed by atoms with Gasteiger partial charge in [0.05, 0.1) is 0 Å². The van der Waals surface area contributed by atoms with Crippen LogP contribution in [0.3, 0.4) is 0 Å². The summed E-state index contributed by atoms with van der Waals surface area (Å²) in [7, 11) is 0. The van der Waals surface area contributed by atoms with Gasteiger partial charge in [-0.3, -0.25) is 5.32 Å². The van der Waals surface area contributed by atoms with Crippen LogP contribution in [0.25, 0.3) is 0 Å². The lowest BCUT2D eigenvalue weighted by Crippen LogP contribution is -2.53. The Morgan fingerprint density at radius 1 is 0.958 bits per heavy atom. The minimum atomic E-state index is -5.97. The number of ether oxygens (including phenoxy) is 1. The summed E-state index contributed by atoms with van der Waals surface area (Å²) < 4.78 is 81.2. The van der Waals surface area contributed by atoms with Gasteiger partial charge in [-0.1, -0.05) is 12.1 Å². The lowest BCUT2D eigenvalue weighted by atomic mass is 9.92. The van der Waals surface area contributed by atoms with E-state index >= 15 is 0 Å². The number of hydrogen-bond donors (Lipinski definition) is 2. The van der Waals surface area contributed by atoms with Crippen molar-refractivity contribution in [1.29, 1.82) is 0 Å². The predicted molar refractivity (Wildman–Crippen MR) is 72.3 cm³/mol. The second-order valence-corrected chi connectivity index (χ2v) is 5.91. The minimum absolute atomic E-state index is 0.0975. The fourth-order valence-corrected chi connectivity index (χ4v) is 1.70. The number of nitrogens with one attached hydrogen (secondary N) is 1. The Kier molecular flexibility index (Phi) is 5.15. The Bertz CT molecular complexity index is 573. The molecule has 0 unspecified atom stereocenters. The maximum atomic E-state index is 12.7. The molecule has 24 heavy (non-hydrogen) atoms. The number of carbonyl (C=O) groups is 1. The molecule has 0 saturated heterocycles. The fraction of sp³-hybridized carbons (Fsp3) is 0.500. The minimum Gasteiger partial charge on any atom is -0.444 e. The first-order valence-corrected chi connectivity index (χ1v) is 6.54. The monoisotopic (exact) mass is 359 g/mol. The normalized spacial score (nSPS) is 13.6. The lowest BCUT2D eigenvalue weighted by Gasteiger charge is -2.32. The number of aliphatic hydroxyl groups is 1. The highest BCUT2D eigenvalue weighted by Crippen LogP contribution is 2.50. The van der Waals surface area contributed by atoms with Gasteiger partial charge < -0.3 is 9.84 Å². The zero-order chi connectivity index (χ0) is 19.0. The summed E-state index contributed by atoms with van der Waals surface area (Å²) in [5, 5.41) is 11.4. The van der Waals surface area contributed by atoms with E-state index in [-0.39, 0.29) is 5.69 Å². The Morgan fingerprint density at radius 3 is 1.71 bits per heavy atom. The van der Waals surface area contributed by atoms with Crippen molar-refractivity contribution in [1.82, 2.24) is 0 Å². The molecular weight excluding hydrogens is 344 g/mol. The van der Waals surface area contributed by atoms with Crippen LogP contribution in [0.1, 0.15) is 26.3 Å². The van der Waals surface area contributed by atoms with E-state index in [2.05, 4.69) is 5.32 Å². The van der Waals surface area contributed by atoms with Gasteiger partial charge in [-0.15, -0.1) is 0 Å². The quantitative estimate of drug-likeness (QED) is 0.772. The largest absolute Gasteiger partial charge is 0.444 e. The van der Waals surface area contributed by atoms with E-state index < -0.39 is 35.2 Å². The van der Waals surface area contributed by atoms with E-state index in [0.717, 1.165) is 12.1 Å². The van der Waals surface area contributed by atoms with Crippen molar-refractivity contribution in [3.05, 3.63) is 29.8 Å². The van der Waals surface area contributed by atoms with Crippen LogP contribution in [0, 0.1) is 0 Å². The van der Waals surface area contributed by atoms with Crippen LogP contribution in [0.2, 0.25) is 0 Å². The van der Waals surface area contributed by atoms with Crippen molar-refractivity contribution in [3.63, 3.8) is 0 Å². The predicted octanol–water partition coefficient (Wildman–Crippen LogP) is 4.35. The summed E-state index contributed by atoms with van der Waals surface area (Å²) in [6.45, 7) is 4.72. The summed E-state index contributed by atoms with van der Waals surface area (Å²) in [5.74, 6) is 0. The number of carbonyl (C=O) groups excluding carboxylic acids is 1. The van der Waals surface area contributed by atoms with Gasteiger partial charge in [-0.2, -0.15) is 26.3 Å². The Hall–Kier alpha value is -1.97. The highest BCUT2D eigenvalue weighted by molar-refractivity contribution is 5.84. The maximum absolute atomic E-state index is 12.7. The summed E-state index contributed by atoms with van der Waals surface area (Å²) in [6, 6.07) is 2.44. The third-order valence-electron chi connectivity index (χ3n) is 2.77. The number of hydrogen-bond acceptors (Lipinski definition) is 3. The van der Waals surface area contributed by atoms with Gasteiger partial charge in [-0.05, 0) is 32.9 Å². The smallest absolute Gasteiger partial charge is 0.430 e. The van der Waals surface area contributed by atoms with Crippen molar-refractivity contribution in [3.8, 4) is 0 Å². The van der Waals surface area contributed by atoms with E-state index in [1.807, 2.05) is 0 Å². The number of anilines is 1. The molecule has 0 aliphatic rings. The fourth-order valence-electron chi connectivity index (χ4n) is 1.70. The van der Waals surface area contributed by atoms with Crippen molar-refractivity contribution in [2.45, 2.75) is 44.3 Å². The molecule has 0 bridgehead atoms. The van der Waals surface area contributed by atoms with Crippen LogP contribution in [-0.2, 0) is 10.3 Å². The molecule has 1 aromatic carbocycles. The summed E-state index contributed by atoms with van der Waals surface area (Å²) in [4.78, 5) is 11.5. The SMILES string of the molecule is CC(C)(C)OC(=O)Nc1ccc(C(O)(C(F)(F)F)C(F)(F)F)cc1.